The Morgan fingerprint density at radius 1 is 1.64 bits per heavy atom. The molecule has 1 atom stereocenters. The van der Waals surface area contributed by atoms with E-state index in [9.17, 15) is 0 Å². The van der Waals surface area contributed by atoms with E-state index < -0.39 is 0 Å². The first kappa shape index (κ1) is 9.99. The summed E-state index contributed by atoms with van der Waals surface area (Å²) in [5.74, 6) is 1.57. The van der Waals surface area contributed by atoms with Gasteiger partial charge in [0.2, 0.25) is 0 Å². The van der Waals surface area contributed by atoms with Gasteiger partial charge in [0.15, 0.2) is 0 Å². The standard InChI is InChI=1S/C10H16ClN3/c1-7(2)14-4-3-8(6-14)10-12-5-9(11)13-10/h5,7-8H,3-4,6H2,1-2H3,(H,12,13). The van der Waals surface area contributed by atoms with Crippen molar-refractivity contribution in [1.29, 1.82) is 0 Å². The molecule has 1 aromatic heterocycles. The molecule has 0 amide bonds. The second-order valence-corrected chi connectivity index (χ2v) is 4.60. The number of rotatable bonds is 2. The number of nitrogens with one attached hydrogen (secondary N) is 1. The molecule has 1 saturated heterocycles. The fraction of sp³-hybridized carbons (Fsp3) is 0.700. The van der Waals surface area contributed by atoms with E-state index in [1.807, 2.05) is 0 Å². The summed E-state index contributed by atoms with van der Waals surface area (Å²) in [4.78, 5) is 9.86. The van der Waals surface area contributed by atoms with Crippen LogP contribution in [0.2, 0.25) is 5.15 Å². The molecule has 1 aliphatic rings. The number of imidazole rings is 1. The lowest BCUT2D eigenvalue weighted by Crippen LogP contribution is -2.28. The molecule has 0 bridgehead atoms. The van der Waals surface area contributed by atoms with Crippen molar-refractivity contribution in [2.75, 3.05) is 13.1 Å². The monoisotopic (exact) mass is 213 g/mol. The number of nitrogens with zero attached hydrogens (tertiary/aromatic N) is 2. The van der Waals surface area contributed by atoms with E-state index in [1.54, 1.807) is 6.20 Å². The Morgan fingerprint density at radius 3 is 2.93 bits per heavy atom. The maximum Gasteiger partial charge on any atom is 0.126 e. The van der Waals surface area contributed by atoms with Crippen LogP contribution >= 0.6 is 11.6 Å². The Labute approximate surface area is 89.5 Å². The normalized spacial score (nSPS) is 23.6. The van der Waals surface area contributed by atoms with E-state index in [-0.39, 0.29) is 0 Å². The lowest BCUT2D eigenvalue weighted by atomic mass is 10.1. The highest BCUT2D eigenvalue weighted by Gasteiger charge is 2.27. The molecule has 14 heavy (non-hydrogen) atoms. The van der Waals surface area contributed by atoms with Gasteiger partial charge in [-0.15, -0.1) is 0 Å². The van der Waals surface area contributed by atoms with Crippen LogP contribution in [-0.2, 0) is 0 Å². The predicted octanol–water partition coefficient (Wildman–Crippen LogP) is 2.26. The molecule has 78 valence electrons. The van der Waals surface area contributed by atoms with Crippen LogP contribution in [0.3, 0.4) is 0 Å². The molecule has 0 radical (unpaired) electrons. The van der Waals surface area contributed by atoms with Crippen molar-refractivity contribution in [1.82, 2.24) is 14.9 Å². The number of H-pyrrole nitrogens is 1. The Balaban J connectivity index is 2.02. The molecule has 4 heteroatoms. The topological polar surface area (TPSA) is 31.9 Å². The quantitative estimate of drug-likeness (QED) is 0.818. The van der Waals surface area contributed by atoms with Gasteiger partial charge in [0, 0.05) is 18.5 Å². The SMILES string of the molecule is CC(C)N1CCC(c2ncc(Cl)[nH]2)C1. The van der Waals surface area contributed by atoms with Gasteiger partial charge in [0.25, 0.3) is 0 Å². The van der Waals surface area contributed by atoms with Crippen LogP contribution in [0, 0.1) is 0 Å². The average molecular weight is 214 g/mol. The molecule has 1 N–H and O–H groups in total. The highest BCUT2D eigenvalue weighted by Crippen LogP contribution is 2.26. The predicted molar refractivity (Wildman–Crippen MR) is 57.7 cm³/mol. The van der Waals surface area contributed by atoms with Gasteiger partial charge < -0.3 is 9.88 Å². The van der Waals surface area contributed by atoms with Gasteiger partial charge >= 0.3 is 0 Å². The molecule has 3 nitrogen and oxygen atoms in total. The zero-order valence-electron chi connectivity index (χ0n) is 8.63. The van der Waals surface area contributed by atoms with Gasteiger partial charge in [0.1, 0.15) is 11.0 Å². The van der Waals surface area contributed by atoms with Crippen LogP contribution in [0.1, 0.15) is 32.0 Å². The lowest BCUT2D eigenvalue weighted by Gasteiger charge is -2.19. The molecule has 2 heterocycles. The molecule has 0 saturated carbocycles. The Morgan fingerprint density at radius 2 is 2.43 bits per heavy atom. The van der Waals surface area contributed by atoms with E-state index in [0.717, 1.165) is 12.4 Å². The fourth-order valence-electron chi connectivity index (χ4n) is 2.00. The zero-order chi connectivity index (χ0) is 10.1. The van der Waals surface area contributed by atoms with E-state index in [1.165, 1.54) is 13.0 Å². The van der Waals surface area contributed by atoms with Gasteiger partial charge in [-0.2, -0.15) is 0 Å². The summed E-state index contributed by atoms with van der Waals surface area (Å²) in [7, 11) is 0. The highest BCUT2D eigenvalue weighted by molar-refractivity contribution is 6.29. The third kappa shape index (κ3) is 1.93. The van der Waals surface area contributed by atoms with E-state index >= 15 is 0 Å². The number of hydrogen-bond donors (Lipinski definition) is 1. The summed E-state index contributed by atoms with van der Waals surface area (Å²) in [6.45, 7) is 6.73. The maximum atomic E-state index is 5.81. The van der Waals surface area contributed by atoms with Crippen LogP contribution in [0.4, 0.5) is 0 Å². The first-order chi connectivity index (χ1) is 6.66. The summed E-state index contributed by atoms with van der Waals surface area (Å²) in [5.41, 5.74) is 0. The van der Waals surface area contributed by atoms with Gasteiger partial charge in [-0.1, -0.05) is 11.6 Å². The molecule has 2 rings (SSSR count). The van der Waals surface area contributed by atoms with Gasteiger partial charge in [-0.05, 0) is 26.8 Å². The van der Waals surface area contributed by atoms with Crippen molar-refractivity contribution in [3.05, 3.63) is 17.2 Å². The summed E-state index contributed by atoms with van der Waals surface area (Å²) in [6, 6.07) is 0.630. The van der Waals surface area contributed by atoms with Crippen molar-refractivity contribution < 1.29 is 0 Å². The highest BCUT2D eigenvalue weighted by atomic mass is 35.5. The Kier molecular flexibility index (Phi) is 2.79. The van der Waals surface area contributed by atoms with E-state index in [4.69, 9.17) is 11.6 Å². The van der Waals surface area contributed by atoms with Gasteiger partial charge in [-0.25, -0.2) is 4.98 Å². The first-order valence-corrected chi connectivity index (χ1v) is 5.49. The van der Waals surface area contributed by atoms with Crippen molar-refractivity contribution in [3.63, 3.8) is 0 Å². The van der Waals surface area contributed by atoms with Crippen LogP contribution in [0.25, 0.3) is 0 Å². The molecule has 1 aromatic rings. The third-order valence-corrected chi connectivity index (χ3v) is 3.09. The molecule has 0 spiro atoms. The smallest absolute Gasteiger partial charge is 0.126 e. The third-order valence-electron chi connectivity index (χ3n) is 2.90. The van der Waals surface area contributed by atoms with Crippen molar-refractivity contribution in [2.45, 2.75) is 32.2 Å². The second-order valence-electron chi connectivity index (χ2n) is 4.19. The van der Waals surface area contributed by atoms with E-state index in [0.29, 0.717) is 17.1 Å². The van der Waals surface area contributed by atoms with Crippen LogP contribution in [0.15, 0.2) is 6.20 Å². The molecular formula is C10H16ClN3. The maximum absolute atomic E-state index is 5.81. The molecule has 1 aliphatic heterocycles. The molecule has 0 aromatic carbocycles. The fourth-order valence-corrected chi connectivity index (χ4v) is 2.15. The van der Waals surface area contributed by atoms with Gasteiger partial charge in [-0.3, -0.25) is 0 Å². The van der Waals surface area contributed by atoms with E-state index in [2.05, 4.69) is 28.7 Å². The minimum absolute atomic E-state index is 0.532. The van der Waals surface area contributed by atoms with Crippen LogP contribution < -0.4 is 0 Å². The number of hydrogen-bond acceptors (Lipinski definition) is 2. The van der Waals surface area contributed by atoms with Crippen LogP contribution in [-0.4, -0.2) is 34.0 Å². The average Bonchev–Trinajstić information content (AvgIpc) is 2.70. The summed E-state index contributed by atoms with van der Waals surface area (Å²) in [6.07, 6.45) is 2.87. The largest absolute Gasteiger partial charge is 0.333 e. The Hall–Kier alpha value is -0.540. The summed E-state index contributed by atoms with van der Waals surface area (Å²) >= 11 is 5.81. The molecular weight excluding hydrogens is 198 g/mol. The molecule has 0 aliphatic carbocycles. The second kappa shape index (κ2) is 3.91. The minimum Gasteiger partial charge on any atom is -0.333 e. The Bertz CT molecular complexity index is 308. The minimum atomic E-state index is 0.532. The van der Waals surface area contributed by atoms with Crippen LogP contribution in [0.5, 0.6) is 0 Å². The summed E-state index contributed by atoms with van der Waals surface area (Å²) in [5, 5.41) is 0.642. The summed E-state index contributed by atoms with van der Waals surface area (Å²) < 4.78 is 0. The zero-order valence-corrected chi connectivity index (χ0v) is 9.38. The molecule has 1 fully saturated rings. The number of aromatic nitrogens is 2. The number of aromatic amines is 1. The van der Waals surface area contributed by atoms with Crippen molar-refractivity contribution in [3.8, 4) is 0 Å². The first-order valence-electron chi connectivity index (χ1n) is 5.11. The number of halogens is 1. The van der Waals surface area contributed by atoms with Gasteiger partial charge in [0.05, 0.1) is 6.20 Å². The van der Waals surface area contributed by atoms with Crippen molar-refractivity contribution >= 4 is 11.6 Å². The number of likely N-dealkylation sites (tertiary alicyclic amines) is 1. The lowest BCUT2D eigenvalue weighted by molar-refractivity contribution is 0.272. The molecule has 1 unspecified atom stereocenters. The van der Waals surface area contributed by atoms with Crippen molar-refractivity contribution in [2.24, 2.45) is 0 Å².